The van der Waals surface area contributed by atoms with Crippen molar-refractivity contribution in [1.29, 1.82) is 0 Å². The zero-order valence-electron chi connectivity index (χ0n) is 8.21. The molecule has 0 aliphatic heterocycles. The molecule has 0 heterocycles. The molecule has 0 spiro atoms. The Labute approximate surface area is 92.6 Å². The monoisotopic (exact) mass is 256 g/mol. The topological polar surface area (TPSA) is 0 Å². The third-order valence-corrected chi connectivity index (χ3v) is 4.53. The second kappa shape index (κ2) is 4.01. The van der Waals surface area contributed by atoms with Crippen molar-refractivity contribution >= 4 is 15.9 Å². The Hall–Kier alpha value is -0.370. The van der Waals surface area contributed by atoms with E-state index in [1.165, 1.54) is 18.9 Å². The first-order chi connectivity index (χ1) is 6.68. The number of rotatable bonds is 1. The molecule has 0 N–H and O–H groups in total. The first-order valence-electron chi connectivity index (χ1n) is 5.08. The number of alkyl halides is 1. The fourth-order valence-corrected chi connectivity index (χ4v) is 2.96. The minimum absolute atomic E-state index is 0.118. The van der Waals surface area contributed by atoms with Crippen LogP contribution in [-0.4, -0.2) is 4.83 Å². The Kier molecular flexibility index (Phi) is 2.91. The third-order valence-electron chi connectivity index (χ3n) is 3.24. The summed E-state index contributed by atoms with van der Waals surface area (Å²) in [5, 5.41) is 0. The van der Waals surface area contributed by atoms with Gasteiger partial charge in [0.05, 0.1) is 0 Å². The Balaban J connectivity index is 2.23. The largest absolute Gasteiger partial charge is 0.207 e. The molecule has 2 heteroatoms. The molecule has 2 rings (SSSR count). The highest BCUT2D eigenvalue weighted by Gasteiger charge is 2.31. The van der Waals surface area contributed by atoms with E-state index in [0.717, 1.165) is 5.56 Å². The lowest BCUT2D eigenvalue weighted by Gasteiger charge is -2.17. The van der Waals surface area contributed by atoms with Gasteiger partial charge >= 0.3 is 0 Å². The normalized spacial score (nSPS) is 32.1. The van der Waals surface area contributed by atoms with Gasteiger partial charge in [0.2, 0.25) is 0 Å². The van der Waals surface area contributed by atoms with Crippen molar-refractivity contribution in [3.05, 3.63) is 35.6 Å². The van der Waals surface area contributed by atoms with E-state index in [-0.39, 0.29) is 5.82 Å². The van der Waals surface area contributed by atoms with Crippen LogP contribution in [0, 0.1) is 11.7 Å². The lowest BCUT2D eigenvalue weighted by atomic mass is 9.90. The summed E-state index contributed by atoms with van der Waals surface area (Å²) in [5.74, 6) is 1.01. The second-order valence-electron chi connectivity index (χ2n) is 4.11. The average molecular weight is 257 g/mol. The van der Waals surface area contributed by atoms with Gasteiger partial charge in [-0.05, 0) is 42.4 Å². The Morgan fingerprint density at radius 3 is 2.71 bits per heavy atom. The van der Waals surface area contributed by atoms with Gasteiger partial charge in [0.1, 0.15) is 5.82 Å². The summed E-state index contributed by atoms with van der Waals surface area (Å²) >= 11 is 3.67. The molecule has 0 saturated heterocycles. The Morgan fingerprint density at radius 1 is 1.36 bits per heavy atom. The molecule has 14 heavy (non-hydrogen) atoms. The lowest BCUT2D eigenvalue weighted by molar-refractivity contribution is 0.539. The molecule has 1 fully saturated rings. The SMILES string of the molecule is CC1C(Br)CCC1c1cccc(F)c1. The maximum Gasteiger partial charge on any atom is 0.123 e. The second-order valence-corrected chi connectivity index (χ2v) is 5.29. The van der Waals surface area contributed by atoms with Gasteiger partial charge in [-0.1, -0.05) is 35.0 Å². The molecule has 0 bridgehead atoms. The van der Waals surface area contributed by atoms with Crippen LogP contribution < -0.4 is 0 Å². The van der Waals surface area contributed by atoms with Gasteiger partial charge in [0.15, 0.2) is 0 Å². The van der Waals surface area contributed by atoms with E-state index >= 15 is 0 Å². The minimum atomic E-state index is -0.118. The molecule has 3 atom stereocenters. The van der Waals surface area contributed by atoms with Crippen molar-refractivity contribution in [1.82, 2.24) is 0 Å². The van der Waals surface area contributed by atoms with E-state index in [0.29, 0.717) is 16.7 Å². The van der Waals surface area contributed by atoms with Crippen LogP contribution in [0.2, 0.25) is 0 Å². The van der Waals surface area contributed by atoms with Gasteiger partial charge in [0, 0.05) is 4.83 Å². The zero-order valence-corrected chi connectivity index (χ0v) is 9.80. The molecule has 76 valence electrons. The van der Waals surface area contributed by atoms with Gasteiger partial charge < -0.3 is 0 Å². The van der Waals surface area contributed by atoms with Crippen molar-refractivity contribution in [3.8, 4) is 0 Å². The van der Waals surface area contributed by atoms with Crippen LogP contribution in [0.25, 0.3) is 0 Å². The number of benzene rings is 1. The Bertz CT molecular complexity index is 324. The molecule has 1 aliphatic rings. The molecule has 1 aromatic carbocycles. The van der Waals surface area contributed by atoms with Crippen molar-refractivity contribution in [2.75, 3.05) is 0 Å². The summed E-state index contributed by atoms with van der Waals surface area (Å²) in [5.41, 5.74) is 1.15. The van der Waals surface area contributed by atoms with Crippen LogP contribution in [-0.2, 0) is 0 Å². The molecule has 0 radical (unpaired) electrons. The van der Waals surface area contributed by atoms with Crippen molar-refractivity contribution in [3.63, 3.8) is 0 Å². The maximum atomic E-state index is 13.0. The smallest absolute Gasteiger partial charge is 0.123 e. The van der Waals surface area contributed by atoms with E-state index in [9.17, 15) is 4.39 Å². The molecule has 0 aromatic heterocycles. The molecule has 1 saturated carbocycles. The highest BCUT2D eigenvalue weighted by atomic mass is 79.9. The third kappa shape index (κ3) is 1.85. The van der Waals surface area contributed by atoms with E-state index in [4.69, 9.17) is 0 Å². The van der Waals surface area contributed by atoms with Gasteiger partial charge in [-0.2, -0.15) is 0 Å². The van der Waals surface area contributed by atoms with E-state index in [1.54, 1.807) is 12.1 Å². The molecule has 0 nitrogen and oxygen atoms in total. The average Bonchev–Trinajstić information content (AvgIpc) is 2.48. The molecule has 1 aliphatic carbocycles. The predicted molar refractivity (Wildman–Crippen MR) is 60.3 cm³/mol. The van der Waals surface area contributed by atoms with E-state index in [2.05, 4.69) is 22.9 Å². The summed E-state index contributed by atoms with van der Waals surface area (Å²) < 4.78 is 13.0. The van der Waals surface area contributed by atoms with Gasteiger partial charge in [-0.25, -0.2) is 4.39 Å². The molecular formula is C12H14BrF. The highest BCUT2D eigenvalue weighted by molar-refractivity contribution is 9.09. The number of hydrogen-bond acceptors (Lipinski definition) is 0. The first-order valence-corrected chi connectivity index (χ1v) is 5.99. The van der Waals surface area contributed by atoms with Crippen molar-refractivity contribution < 1.29 is 4.39 Å². The fourth-order valence-electron chi connectivity index (χ4n) is 2.32. The standard InChI is InChI=1S/C12H14BrF/c1-8-11(5-6-12(8)13)9-3-2-4-10(14)7-9/h2-4,7-8,11-12H,5-6H2,1H3. The van der Waals surface area contributed by atoms with Crippen LogP contribution in [0.4, 0.5) is 4.39 Å². The summed E-state index contributed by atoms with van der Waals surface area (Å²) in [6.45, 7) is 2.24. The predicted octanol–water partition coefficient (Wildman–Crippen LogP) is 4.10. The molecule has 1 aromatic rings. The number of hydrogen-bond donors (Lipinski definition) is 0. The first kappa shape index (κ1) is 10.2. The minimum Gasteiger partial charge on any atom is -0.207 e. The maximum absolute atomic E-state index is 13.0. The summed E-state index contributed by atoms with van der Waals surface area (Å²) in [6, 6.07) is 7.02. The van der Waals surface area contributed by atoms with Crippen LogP contribution in [0.1, 0.15) is 31.2 Å². The molecule has 0 amide bonds. The highest BCUT2D eigenvalue weighted by Crippen LogP contribution is 2.42. The van der Waals surface area contributed by atoms with E-state index in [1.807, 2.05) is 6.07 Å². The van der Waals surface area contributed by atoms with Crippen molar-refractivity contribution in [2.45, 2.75) is 30.5 Å². The van der Waals surface area contributed by atoms with Gasteiger partial charge in [-0.15, -0.1) is 0 Å². The van der Waals surface area contributed by atoms with E-state index < -0.39 is 0 Å². The van der Waals surface area contributed by atoms with Crippen LogP contribution in [0.3, 0.4) is 0 Å². The fraction of sp³-hybridized carbons (Fsp3) is 0.500. The lowest BCUT2D eigenvalue weighted by Crippen LogP contribution is -2.09. The summed E-state index contributed by atoms with van der Waals surface area (Å²) in [7, 11) is 0. The van der Waals surface area contributed by atoms with Gasteiger partial charge in [-0.3, -0.25) is 0 Å². The summed E-state index contributed by atoms with van der Waals surface area (Å²) in [6.07, 6.45) is 2.36. The van der Waals surface area contributed by atoms with Gasteiger partial charge in [0.25, 0.3) is 0 Å². The van der Waals surface area contributed by atoms with Crippen LogP contribution in [0.15, 0.2) is 24.3 Å². The summed E-state index contributed by atoms with van der Waals surface area (Å²) in [4.78, 5) is 0.593. The van der Waals surface area contributed by atoms with Crippen LogP contribution in [0.5, 0.6) is 0 Å². The molecule has 3 unspecified atom stereocenters. The van der Waals surface area contributed by atoms with Crippen LogP contribution >= 0.6 is 15.9 Å². The zero-order chi connectivity index (χ0) is 10.1. The molecular weight excluding hydrogens is 243 g/mol. The number of halogens is 2. The Morgan fingerprint density at radius 2 is 2.14 bits per heavy atom. The quantitative estimate of drug-likeness (QED) is 0.664. The van der Waals surface area contributed by atoms with Crippen molar-refractivity contribution in [2.24, 2.45) is 5.92 Å².